The highest BCUT2D eigenvalue weighted by Gasteiger charge is 2.22. The van der Waals surface area contributed by atoms with Crippen LogP contribution in [0.2, 0.25) is 0 Å². The van der Waals surface area contributed by atoms with Crippen LogP contribution in [-0.4, -0.2) is 32.6 Å². The molecule has 0 bridgehead atoms. The molecular weight excluding hydrogens is 274 g/mol. The van der Waals surface area contributed by atoms with Gasteiger partial charge in [-0.25, -0.2) is 4.79 Å². The van der Waals surface area contributed by atoms with E-state index in [1.165, 1.54) is 0 Å². The third kappa shape index (κ3) is 3.93. The molecule has 0 aliphatic heterocycles. The summed E-state index contributed by atoms with van der Waals surface area (Å²) >= 11 is 0. The number of rotatable bonds is 8. The largest absolute Gasteiger partial charge is 0.497 e. The Morgan fingerprint density at radius 1 is 1.29 bits per heavy atom. The molecular formula is C14H20N3O4+. The van der Waals surface area contributed by atoms with Gasteiger partial charge in [-0.15, -0.1) is 0 Å². The Bertz CT molecular complexity index is 603. The summed E-state index contributed by atoms with van der Waals surface area (Å²) in [5.74, 6) is 0.754. The van der Waals surface area contributed by atoms with Crippen LogP contribution in [0, 0.1) is 0 Å². The molecule has 2 aromatic rings. The molecule has 1 aromatic heterocycles. The van der Waals surface area contributed by atoms with Crippen LogP contribution >= 0.6 is 0 Å². The minimum Gasteiger partial charge on any atom is -0.497 e. The summed E-state index contributed by atoms with van der Waals surface area (Å²) in [4.78, 5) is 11.7. The monoisotopic (exact) mass is 294 g/mol. The lowest BCUT2D eigenvalue weighted by atomic mass is 10.3. The molecule has 2 rings (SSSR count). The molecule has 0 saturated carbocycles. The number of nitrogens with zero attached hydrogens (tertiary/aromatic N) is 1. The lowest BCUT2D eigenvalue weighted by Gasteiger charge is -2.01. The molecule has 114 valence electrons. The van der Waals surface area contributed by atoms with Crippen LogP contribution in [-0.2, 0) is 11.3 Å². The van der Waals surface area contributed by atoms with Crippen LogP contribution in [0.25, 0.3) is 5.69 Å². The first kappa shape index (κ1) is 15.3. The molecule has 0 unspecified atom stereocenters. The normalized spacial score (nSPS) is 10.8. The van der Waals surface area contributed by atoms with Crippen molar-refractivity contribution in [3.8, 4) is 11.4 Å². The number of ether oxygens (including phenoxy) is 2. The van der Waals surface area contributed by atoms with Gasteiger partial charge in [0.2, 0.25) is 5.69 Å². The van der Waals surface area contributed by atoms with Crippen LogP contribution in [0.1, 0.15) is 12.1 Å². The zero-order chi connectivity index (χ0) is 15.1. The minimum atomic E-state index is -0.384. The Morgan fingerprint density at radius 3 is 2.71 bits per heavy atom. The van der Waals surface area contributed by atoms with E-state index in [1.54, 1.807) is 18.9 Å². The Hall–Kier alpha value is -2.12. The fraction of sp³-hybridized carbons (Fsp3) is 0.429. The summed E-state index contributed by atoms with van der Waals surface area (Å²) in [5.41, 5.74) is 0.929. The number of benzene rings is 1. The molecule has 21 heavy (non-hydrogen) atoms. The van der Waals surface area contributed by atoms with Crippen molar-refractivity contribution in [1.82, 2.24) is 10.6 Å². The molecule has 0 aliphatic rings. The highest BCUT2D eigenvalue weighted by atomic mass is 16.5. The lowest BCUT2D eigenvalue weighted by Crippen LogP contribution is -2.41. The zero-order valence-corrected chi connectivity index (χ0v) is 12.2. The molecule has 1 heterocycles. The summed E-state index contributed by atoms with van der Waals surface area (Å²) in [6.07, 6.45) is 0.884. The quantitative estimate of drug-likeness (QED) is 0.543. The van der Waals surface area contributed by atoms with Crippen LogP contribution in [0.5, 0.6) is 5.75 Å². The number of methoxy groups -OCH3 is 2. The van der Waals surface area contributed by atoms with Crippen molar-refractivity contribution >= 4 is 0 Å². The molecule has 2 N–H and O–H groups in total. The number of nitrogens with one attached hydrogen (secondary N) is 2. The number of H-pyrrole nitrogens is 1. The Kier molecular flexibility index (Phi) is 5.53. The summed E-state index contributed by atoms with van der Waals surface area (Å²) < 4.78 is 16.6. The first-order chi connectivity index (χ1) is 10.3. The highest BCUT2D eigenvalue weighted by molar-refractivity contribution is 5.31. The summed E-state index contributed by atoms with van der Waals surface area (Å²) in [5, 5.41) is 5.79. The van der Waals surface area contributed by atoms with Crippen LogP contribution in [0.15, 0.2) is 33.6 Å². The molecule has 0 spiro atoms. The molecule has 7 heteroatoms. The van der Waals surface area contributed by atoms with E-state index < -0.39 is 0 Å². The second-order valence-electron chi connectivity index (χ2n) is 4.48. The maximum absolute atomic E-state index is 11.7. The third-order valence-corrected chi connectivity index (χ3v) is 3.06. The number of hydrogen-bond donors (Lipinski definition) is 2. The molecule has 0 radical (unpaired) electrons. The van der Waals surface area contributed by atoms with Crippen molar-refractivity contribution in [3.63, 3.8) is 0 Å². The Balaban J connectivity index is 2.08. The smallest absolute Gasteiger partial charge is 0.431 e. The van der Waals surface area contributed by atoms with Gasteiger partial charge in [0.05, 0.1) is 13.7 Å². The summed E-state index contributed by atoms with van der Waals surface area (Å²) in [6.45, 7) is 1.87. The standard InChI is InChI=1S/C14H19N3O4/c1-19-9-3-8-15-10-13-14(18)21-16-17(13)11-4-6-12(20-2)7-5-11/h4-7,15H,3,8-10H2,1-2H3/p+1. The van der Waals surface area contributed by atoms with Gasteiger partial charge in [-0.3, -0.25) is 4.52 Å². The van der Waals surface area contributed by atoms with E-state index in [1.807, 2.05) is 24.3 Å². The van der Waals surface area contributed by atoms with Gasteiger partial charge in [-0.2, -0.15) is 0 Å². The van der Waals surface area contributed by atoms with E-state index in [9.17, 15) is 4.79 Å². The van der Waals surface area contributed by atoms with Gasteiger partial charge in [-0.05, 0) is 35.1 Å². The van der Waals surface area contributed by atoms with E-state index in [4.69, 9.17) is 14.0 Å². The van der Waals surface area contributed by atoms with E-state index in [0.29, 0.717) is 18.8 Å². The van der Waals surface area contributed by atoms with Gasteiger partial charge >= 0.3 is 11.3 Å². The van der Waals surface area contributed by atoms with E-state index in [-0.39, 0.29) is 5.63 Å². The zero-order valence-electron chi connectivity index (χ0n) is 12.2. The van der Waals surface area contributed by atoms with Gasteiger partial charge in [0, 0.05) is 25.8 Å². The topological polar surface area (TPSA) is 80.4 Å². The Morgan fingerprint density at radius 2 is 2.05 bits per heavy atom. The number of hydrogen-bond acceptors (Lipinski definition) is 5. The maximum Gasteiger partial charge on any atom is 0.431 e. The fourth-order valence-electron chi connectivity index (χ4n) is 1.93. The summed E-state index contributed by atoms with van der Waals surface area (Å²) in [6, 6.07) is 7.34. The predicted octanol–water partition coefficient (Wildman–Crippen LogP) is 0.379. The molecule has 0 atom stereocenters. The van der Waals surface area contributed by atoms with Crippen molar-refractivity contribution in [2.24, 2.45) is 0 Å². The SMILES string of the molecule is COCCCNCc1c(=O)o[nH][n+]1-c1ccc(OC)cc1. The first-order valence-electron chi connectivity index (χ1n) is 6.72. The van der Waals surface area contributed by atoms with Crippen molar-refractivity contribution in [2.45, 2.75) is 13.0 Å². The van der Waals surface area contributed by atoms with Crippen molar-refractivity contribution < 1.29 is 18.7 Å². The predicted molar refractivity (Wildman–Crippen MR) is 75.6 cm³/mol. The molecule has 0 fully saturated rings. The molecule has 0 aliphatic carbocycles. The molecule has 0 saturated heterocycles. The highest BCUT2D eigenvalue weighted by Crippen LogP contribution is 2.10. The fourth-order valence-corrected chi connectivity index (χ4v) is 1.93. The molecule has 7 nitrogen and oxygen atoms in total. The maximum atomic E-state index is 11.7. The summed E-state index contributed by atoms with van der Waals surface area (Å²) in [7, 11) is 3.27. The molecule has 1 aromatic carbocycles. The number of aromatic amines is 1. The minimum absolute atomic E-state index is 0.384. The van der Waals surface area contributed by atoms with Crippen molar-refractivity contribution in [1.29, 1.82) is 0 Å². The second-order valence-corrected chi connectivity index (χ2v) is 4.48. The third-order valence-electron chi connectivity index (χ3n) is 3.06. The van der Waals surface area contributed by atoms with Gasteiger partial charge in [0.1, 0.15) is 5.75 Å². The van der Waals surface area contributed by atoms with E-state index in [2.05, 4.69) is 10.6 Å². The van der Waals surface area contributed by atoms with E-state index in [0.717, 1.165) is 24.4 Å². The lowest BCUT2D eigenvalue weighted by molar-refractivity contribution is -0.677. The average Bonchev–Trinajstić information content (AvgIpc) is 2.88. The van der Waals surface area contributed by atoms with E-state index >= 15 is 0 Å². The van der Waals surface area contributed by atoms with Gasteiger partial charge in [-0.1, -0.05) is 0 Å². The van der Waals surface area contributed by atoms with Crippen LogP contribution < -0.4 is 20.4 Å². The Labute approximate surface area is 122 Å². The van der Waals surface area contributed by atoms with Crippen LogP contribution in [0.4, 0.5) is 0 Å². The second kappa shape index (κ2) is 7.61. The van der Waals surface area contributed by atoms with Crippen molar-refractivity contribution in [2.75, 3.05) is 27.4 Å². The van der Waals surface area contributed by atoms with Gasteiger partial charge < -0.3 is 14.8 Å². The van der Waals surface area contributed by atoms with Crippen LogP contribution in [0.3, 0.4) is 0 Å². The average molecular weight is 294 g/mol. The van der Waals surface area contributed by atoms with Gasteiger partial charge in [0.15, 0.2) is 0 Å². The first-order valence-corrected chi connectivity index (χ1v) is 6.72. The van der Waals surface area contributed by atoms with Crippen molar-refractivity contribution in [3.05, 3.63) is 40.4 Å². The molecule has 0 amide bonds. The number of aromatic nitrogens is 2. The van der Waals surface area contributed by atoms with Gasteiger partial charge in [0.25, 0.3) is 0 Å².